The topological polar surface area (TPSA) is 106 Å². The average Bonchev–Trinajstić information content (AvgIpc) is 3.47. The largest absolute Gasteiger partial charge is 0.497 e. The Bertz CT molecular complexity index is 1690. The van der Waals surface area contributed by atoms with Crippen molar-refractivity contribution in [2.75, 3.05) is 12.8 Å². The third-order valence-corrected chi connectivity index (χ3v) is 5.84. The first-order valence-electron chi connectivity index (χ1n) is 10.6. The van der Waals surface area contributed by atoms with Gasteiger partial charge in [-0.15, -0.1) is 0 Å². The zero-order chi connectivity index (χ0) is 23.2. The van der Waals surface area contributed by atoms with Crippen molar-refractivity contribution < 1.29 is 9.13 Å². The summed E-state index contributed by atoms with van der Waals surface area (Å²) in [7, 11) is 1.53. The number of fused-ring (bicyclic) bond motifs is 2. The smallest absolute Gasteiger partial charge is 0.127 e. The lowest BCUT2D eigenvalue weighted by atomic mass is 10.0. The second-order valence-electron chi connectivity index (χ2n) is 8.02. The van der Waals surface area contributed by atoms with Crippen LogP contribution in [0.4, 0.5) is 10.1 Å². The van der Waals surface area contributed by atoms with E-state index in [2.05, 4.69) is 25.1 Å². The minimum atomic E-state index is -0.350. The Morgan fingerprint density at radius 2 is 1.82 bits per heavy atom. The maximum atomic E-state index is 14.2. The van der Waals surface area contributed by atoms with Gasteiger partial charge in [0.2, 0.25) is 0 Å². The fourth-order valence-corrected chi connectivity index (χ4v) is 4.25. The van der Waals surface area contributed by atoms with Crippen LogP contribution in [0, 0.1) is 5.82 Å². The lowest BCUT2D eigenvalue weighted by Gasteiger charge is -2.07. The van der Waals surface area contributed by atoms with E-state index < -0.39 is 0 Å². The van der Waals surface area contributed by atoms with Crippen LogP contribution in [0.15, 0.2) is 73.2 Å². The van der Waals surface area contributed by atoms with Crippen molar-refractivity contribution >= 4 is 27.5 Å². The maximum Gasteiger partial charge on any atom is 0.127 e. The number of nitrogens with two attached hydrogens (primary N) is 1. The predicted octanol–water partition coefficient (Wildman–Crippen LogP) is 5.57. The Balaban J connectivity index is 1.50. The Hall–Kier alpha value is -4.72. The van der Waals surface area contributed by atoms with E-state index in [0.717, 1.165) is 55.6 Å². The third-order valence-electron chi connectivity index (χ3n) is 5.84. The number of ether oxygens (including phenoxy) is 1. The number of halogens is 1. The van der Waals surface area contributed by atoms with Crippen LogP contribution >= 0.6 is 0 Å². The van der Waals surface area contributed by atoms with Crippen LogP contribution in [0.5, 0.6) is 5.75 Å². The average molecular weight is 450 g/mol. The molecule has 2 aromatic carbocycles. The minimum Gasteiger partial charge on any atom is -0.497 e. The first-order valence-corrected chi connectivity index (χ1v) is 10.6. The molecule has 0 aliphatic carbocycles. The molecule has 0 radical (unpaired) electrons. The Kier molecular flexibility index (Phi) is 4.51. The Labute approximate surface area is 193 Å². The number of rotatable bonds is 4. The van der Waals surface area contributed by atoms with Crippen LogP contribution < -0.4 is 10.5 Å². The van der Waals surface area contributed by atoms with E-state index in [1.165, 1.54) is 19.2 Å². The molecule has 0 bridgehead atoms. The van der Waals surface area contributed by atoms with Crippen LogP contribution in [0.2, 0.25) is 0 Å². The second kappa shape index (κ2) is 7.70. The van der Waals surface area contributed by atoms with Gasteiger partial charge in [-0.05, 0) is 47.5 Å². The molecule has 0 aliphatic heterocycles. The summed E-state index contributed by atoms with van der Waals surface area (Å²) >= 11 is 0. The number of nitrogens with one attached hydrogen (secondary N) is 2. The SMILES string of the molecule is COc1cc(F)cc(-c2cccc3[nH]c(-c4n[nH]c5cnc(-c6cncc(N)c6)cc45)cc23)c1. The molecule has 6 rings (SSSR count). The fraction of sp³-hybridized carbons (Fsp3) is 0.0385. The number of nitrogens with zero attached hydrogens (tertiary/aromatic N) is 3. The lowest BCUT2D eigenvalue weighted by molar-refractivity contribution is 0.411. The number of hydrogen-bond donors (Lipinski definition) is 3. The van der Waals surface area contributed by atoms with E-state index in [-0.39, 0.29) is 5.82 Å². The summed E-state index contributed by atoms with van der Waals surface area (Å²) in [4.78, 5) is 12.1. The summed E-state index contributed by atoms with van der Waals surface area (Å²) < 4.78 is 19.4. The van der Waals surface area contributed by atoms with Crippen molar-refractivity contribution in [2.24, 2.45) is 0 Å². The first kappa shape index (κ1) is 19.9. The Morgan fingerprint density at radius 1 is 0.912 bits per heavy atom. The van der Waals surface area contributed by atoms with E-state index in [4.69, 9.17) is 10.5 Å². The van der Waals surface area contributed by atoms with Gasteiger partial charge >= 0.3 is 0 Å². The van der Waals surface area contributed by atoms with Gasteiger partial charge in [0.05, 0.1) is 35.9 Å². The van der Waals surface area contributed by atoms with Crippen molar-refractivity contribution in [2.45, 2.75) is 0 Å². The van der Waals surface area contributed by atoms with E-state index in [1.54, 1.807) is 18.6 Å². The molecule has 0 spiro atoms. The van der Waals surface area contributed by atoms with E-state index >= 15 is 0 Å². The van der Waals surface area contributed by atoms with Gasteiger partial charge in [0, 0.05) is 40.3 Å². The lowest BCUT2D eigenvalue weighted by Crippen LogP contribution is -1.89. The zero-order valence-corrected chi connectivity index (χ0v) is 18.1. The summed E-state index contributed by atoms with van der Waals surface area (Å²) in [5.74, 6) is 0.119. The highest BCUT2D eigenvalue weighted by Gasteiger charge is 2.15. The number of hydrogen-bond acceptors (Lipinski definition) is 5. The number of aromatic nitrogens is 5. The van der Waals surface area contributed by atoms with Gasteiger partial charge in [-0.1, -0.05) is 12.1 Å². The second-order valence-corrected chi connectivity index (χ2v) is 8.02. The van der Waals surface area contributed by atoms with Crippen molar-refractivity contribution in [3.8, 4) is 39.5 Å². The predicted molar refractivity (Wildman–Crippen MR) is 131 cm³/mol. The highest BCUT2D eigenvalue weighted by Crippen LogP contribution is 2.36. The molecule has 0 aliphatic rings. The first-order chi connectivity index (χ1) is 16.6. The van der Waals surface area contributed by atoms with Gasteiger partial charge in [-0.2, -0.15) is 5.10 Å². The summed E-state index contributed by atoms with van der Waals surface area (Å²) in [5.41, 5.74) is 13.0. The van der Waals surface area contributed by atoms with E-state index in [0.29, 0.717) is 11.4 Å². The number of H-pyrrole nitrogens is 2. The standard InChI is InChI=1S/C26H19FN6O/c1-34-18-7-14(5-16(27)8-18)19-3-2-4-22-20(19)9-24(31-22)26-21-10-23(30-13-25(21)32-33-26)15-6-17(28)12-29-11-15/h2-13,31H,28H2,1H3,(H,32,33). The van der Waals surface area contributed by atoms with Gasteiger partial charge in [0.25, 0.3) is 0 Å². The van der Waals surface area contributed by atoms with Gasteiger partial charge in [-0.3, -0.25) is 15.1 Å². The molecule has 0 unspecified atom stereocenters. The minimum absolute atomic E-state index is 0.350. The highest BCUT2D eigenvalue weighted by molar-refractivity contribution is 6.01. The molecule has 34 heavy (non-hydrogen) atoms. The summed E-state index contributed by atoms with van der Waals surface area (Å²) in [5, 5.41) is 9.46. The molecule has 4 aromatic heterocycles. The summed E-state index contributed by atoms with van der Waals surface area (Å²) in [6.45, 7) is 0. The van der Waals surface area contributed by atoms with Crippen LogP contribution in [0.1, 0.15) is 0 Å². The fourth-order valence-electron chi connectivity index (χ4n) is 4.25. The van der Waals surface area contributed by atoms with Gasteiger partial charge < -0.3 is 15.5 Å². The molecule has 0 atom stereocenters. The maximum absolute atomic E-state index is 14.2. The normalized spacial score (nSPS) is 11.4. The summed E-state index contributed by atoms with van der Waals surface area (Å²) in [6.07, 6.45) is 5.08. The molecule has 0 saturated carbocycles. The van der Waals surface area contributed by atoms with Crippen LogP contribution in [-0.2, 0) is 0 Å². The van der Waals surface area contributed by atoms with E-state index in [9.17, 15) is 4.39 Å². The third kappa shape index (κ3) is 3.32. The van der Waals surface area contributed by atoms with Crippen molar-refractivity contribution in [3.63, 3.8) is 0 Å². The quantitative estimate of drug-likeness (QED) is 0.326. The number of pyridine rings is 2. The molecule has 4 heterocycles. The number of nitrogen functional groups attached to an aromatic ring is 1. The number of methoxy groups -OCH3 is 1. The summed E-state index contributed by atoms with van der Waals surface area (Å²) in [6, 6.07) is 16.4. The Morgan fingerprint density at radius 3 is 2.68 bits per heavy atom. The number of aromatic amines is 2. The van der Waals surface area contributed by atoms with E-state index in [1.807, 2.05) is 42.5 Å². The molecule has 8 heteroatoms. The molecular formula is C26H19FN6O. The van der Waals surface area contributed by atoms with Crippen LogP contribution in [-0.4, -0.2) is 32.3 Å². The highest BCUT2D eigenvalue weighted by atomic mass is 19.1. The number of benzene rings is 2. The molecule has 0 fully saturated rings. The molecule has 6 aromatic rings. The molecular weight excluding hydrogens is 431 g/mol. The molecule has 7 nitrogen and oxygen atoms in total. The van der Waals surface area contributed by atoms with Crippen LogP contribution in [0.25, 0.3) is 55.6 Å². The van der Waals surface area contributed by atoms with Gasteiger partial charge in [-0.25, -0.2) is 4.39 Å². The van der Waals surface area contributed by atoms with Crippen LogP contribution in [0.3, 0.4) is 0 Å². The number of anilines is 1. The van der Waals surface area contributed by atoms with Crippen molar-refractivity contribution in [1.82, 2.24) is 25.1 Å². The van der Waals surface area contributed by atoms with Crippen molar-refractivity contribution in [1.29, 1.82) is 0 Å². The molecule has 0 amide bonds. The van der Waals surface area contributed by atoms with Crippen molar-refractivity contribution in [3.05, 3.63) is 79.0 Å². The molecule has 4 N–H and O–H groups in total. The monoisotopic (exact) mass is 450 g/mol. The van der Waals surface area contributed by atoms with Gasteiger partial charge in [0.1, 0.15) is 17.3 Å². The van der Waals surface area contributed by atoms with Gasteiger partial charge in [0.15, 0.2) is 0 Å². The molecule has 166 valence electrons. The molecule has 0 saturated heterocycles. The zero-order valence-electron chi connectivity index (χ0n) is 18.1.